The fourth-order valence-corrected chi connectivity index (χ4v) is 2.36. The van der Waals surface area contributed by atoms with E-state index in [1.54, 1.807) is 11.3 Å². The van der Waals surface area contributed by atoms with Gasteiger partial charge in [-0.05, 0) is 17.5 Å². The summed E-state index contributed by atoms with van der Waals surface area (Å²) >= 11 is 1.66. The van der Waals surface area contributed by atoms with Crippen molar-refractivity contribution >= 4 is 17.0 Å². The fourth-order valence-electron chi connectivity index (χ4n) is 1.62. The van der Waals surface area contributed by atoms with Crippen LogP contribution in [0.15, 0.2) is 40.8 Å². The molecular formula is C13H16N2S. The first-order valence-electron chi connectivity index (χ1n) is 5.42. The van der Waals surface area contributed by atoms with Crippen LogP contribution in [-0.2, 0) is 7.05 Å². The molecular weight excluding hydrogens is 216 g/mol. The Labute approximate surface area is 99.9 Å². The van der Waals surface area contributed by atoms with Crippen LogP contribution in [0.5, 0.6) is 0 Å². The van der Waals surface area contributed by atoms with Gasteiger partial charge in [0, 0.05) is 18.6 Å². The van der Waals surface area contributed by atoms with Crippen molar-refractivity contribution in [1.82, 2.24) is 4.57 Å². The Kier molecular flexibility index (Phi) is 3.25. The highest BCUT2D eigenvalue weighted by Gasteiger charge is 2.04. The van der Waals surface area contributed by atoms with Crippen LogP contribution in [0.2, 0.25) is 0 Å². The Hall–Kier alpha value is -1.35. The van der Waals surface area contributed by atoms with Gasteiger partial charge in [-0.25, -0.2) is 4.99 Å². The predicted octanol–water partition coefficient (Wildman–Crippen LogP) is 3.44. The molecule has 2 aromatic rings. The number of para-hydroxylation sites is 1. The minimum absolute atomic E-state index is 0.505. The average molecular weight is 232 g/mol. The molecule has 0 spiro atoms. The van der Waals surface area contributed by atoms with E-state index in [0.29, 0.717) is 5.92 Å². The summed E-state index contributed by atoms with van der Waals surface area (Å²) in [6, 6.07) is 8.34. The van der Waals surface area contributed by atoms with E-state index in [4.69, 9.17) is 4.99 Å². The average Bonchev–Trinajstić information content (AvgIpc) is 2.65. The molecule has 0 radical (unpaired) electrons. The molecule has 0 unspecified atom stereocenters. The van der Waals surface area contributed by atoms with Gasteiger partial charge in [-0.15, -0.1) is 11.3 Å². The summed E-state index contributed by atoms with van der Waals surface area (Å²) in [7, 11) is 2.02. The summed E-state index contributed by atoms with van der Waals surface area (Å²) < 4.78 is 2.04. The molecule has 16 heavy (non-hydrogen) atoms. The molecule has 0 amide bonds. The van der Waals surface area contributed by atoms with E-state index in [9.17, 15) is 0 Å². The molecule has 1 aromatic heterocycles. The van der Waals surface area contributed by atoms with Gasteiger partial charge in [0.15, 0.2) is 4.80 Å². The Balaban J connectivity index is 2.54. The summed E-state index contributed by atoms with van der Waals surface area (Å²) in [5.74, 6) is 0.505. The van der Waals surface area contributed by atoms with Crippen LogP contribution in [0.4, 0.5) is 5.69 Å². The van der Waals surface area contributed by atoms with Gasteiger partial charge in [0.05, 0.1) is 5.69 Å². The van der Waals surface area contributed by atoms with Crippen molar-refractivity contribution in [3.63, 3.8) is 0 Å². The molecule has 2 nitrogen and oxygen atoms in total. The van der Waals surface area contributed by atoms with Crippen molar-refractivity contribution in [3.05, 3.63) is 46.2 Å². The largest absolute Gasteiger partial charge is 0.327 e. The van der Waals surface area contributed by atoms with Crippen LogP contribution in [0, 0.1) is 0 Å². The van der Waals surface area contributed by atoms with Crippen molar-refractivity contribution in [2.24, 2.45) is 12.0 Å². The van der Waals surface area contributed by atoms with Crippen molar-refractivity contribution in [1.29, 1.82) is 0 Å². The van der Waals surface area contributed by atoms with Gasteiger partial charge in [-0.2, -0.15) is 0 Å². The van der Waals surface area contributed by atoms with Gasteiger partial charge in [0.1, 0.15) is 0 Å². The number of hydrogen-bond acceptors (Lipinski definition) is 2. The van der Waals surface area contributed by atoms with Crippen molar-refractivity contribution in [2.75, 3.05) is 0 Å². The second-order valence-electron chi connectivity index (χ2n) is 4.12. The van der Waals surface area contributed by atoms with Crippen molar-refractivity contribution < 1.29 is 0 Å². The van der Waals surface area contributed by atoms with Crippen LogP contribution in [0.1, 0.15) is 25.3 Å². The lowest BCUT2D eigenvalue weighted by molar-refractivity contribution is 0.851. The van der Waals surface area contributed by atoms with E-state index in [0.717, 1.165) is 10.5 Å². The number of aromatic nitrogens is 1. The molecule has 1 heterocycles. The van der Waals surface area contributed by atoms with Gasteiger partial charge in [-0.3, -0.25) is 0 Å². The lowest BCUT2D eigenvalue weighted by Crippen LogP contribution is -2.08. The lowest BCUT2D eigenvalue weighted by Gasteiger charge is -2.07. The molecule has 0 atom stereocenters. The lowest BCUT2D eigenvalue weighted by atomic mass is 10.0. The molecule has 0 aliphatic rings. The Morgan fingerprint density at radius 1 is 1.25 bits per heavy atom. The number of benzene rings is 1. The van der Waals surface area contributed by atoms with Crippen LogP contribution in [0.25, 0.3) is 0 Å². The van der Waals surface area contributed by atoms with Gasteiger partial charge in [-0.1, -0.05) is 32.0 Å². The maximum Gasteiger partial charge on any atom is 0.189 e. The number of thiazole rings is 1. The summed E-state index contributed by atoms with van der Waals surface area (Å²) in [5.41, 5.74) is 2.38. The number of rotatable bonds is 2. The van der Waals surface area contributed by atoms with E-state index in [2.05, 4.69) is 37.4 Å². The van der Waals surface area contributed by atoms with E-state index in [1.807, 2.05) is 23.9 Å². The summed E-state index contributed by atoms with van der Waals surface area (Å²) in [5, 5.41) is 2.05. The third kappa shape index (κ3) is 2.25. The topological polar surface area (TPSA) is 17.3 Å². The third-order valence-electron chi connectivity index (χ3n) is 2.53. The van der Waals surface area contributed by atoms with Crippen LogP contribution < -0.4 is 4.80 Å². The monoisotopic (exact) mass is 232 g/mol. The second-order valence-corrected chi connectivity index (χ2v) is 4.99. The minimum Gasteiger partial charge on any atom is -0.327 e. The van der Waals surface area contributed by atoms with Gasteiger partial charge in [0.2, 0.25) is 0 Å². The predicted molar refractivity (Wildman–Crippen MR) is 69.0 cm³/mol. The highest BCUT2D eigenvalue weighted by atomic mass is 32.1. The second kappa shape index (κ2) is 4.66. The van der Waals surface area contributed by atoms with Crippen molar-refractivity contribution in [3.8, 4) is 0 Å². The van der Waals surface area contributed by atoms with Crippen LogP contribution in [-0.4, -0.2) is 4.57 Å². The summed E-state index contributed by atoms with van der Waals surface area (Å²) in [6.07, 6.45) is 2.03. The number of hydrogen-bond donors (Lipinski definition) is 0. The van der Waals surface area contributed by atoms with Gasteiger partial charge in [0.25, 0.3) is 0 Å². The zero-order chi connectivity index (χ0) is 11.5. The zero-order valence-corrected chi connectivity index (χ0v) is 10.7. The first kappa shape index (κ1) is 11.1. The molecule has 0 aliphatic heterocycles. The van der Waals surface area contributed by atoms with E-state index < -0.39 is 0 Å². The van der Waals surface area contributed by atoms with Crippen LogP contribution >= 0.6 is 11.3 Å². The molecule has 0 saturated heterocycles. The first-order valence-corrected chi connectivity index (χ1v) is 6.30. The first-order chi connectivity index (χ1) is 7.68. The molecule has 2 rings (SSSR count). The Bertz CT molecular complexity index is 535. The molecule has 3 heteroatoms. The van der Waals surface area contributed by atoms with E-state index >= 15 is 0 Å². The van der Waals surface area contributed by atoms with Crippen LogP contribution in [0.3, 0.4) is 0 Å². The van der Waals surface area contributed by atoms with Gasteiger partial charge >= 0.3 is 0 Å². The van der Waals surface area contributed by atoms with Crippen molar-refractivity contribution in [2.45, 2.75) is 19.8 Å². The SMILES string of the molecule is CC(C)c1ccccc1N=c1sccn1C. The standard InChI is InChI=1S/C13H16N2S/c1-10(2)11-6-4-5-7-12(11)14-13-15(3)8-9-16-13/h4-10H,1-3H3. The molecule has 1 aromatic carbocycles. The quantitative estimate of drug-likeness (QED) is 0.754. The Morgan fingerprint density at radius 2 is 2.00 bits per heavy atom. The Morgan fingerprint density at radius 3 is 2.62 bits per heavy atom. The van der Waals surface area contributed by atoms with Gasteiger partial charge < -0.3 is 4.57 Å². The highest BCUT2D eigenvalue weighted by Crippen LogP contribution is 2.25. The molecule has 0 N–H and O–H groups in total. The zero-order valence-electron chi connectivity index (χ0n) is 9.84. The normalized spacial score (nSPS) is 12.4. The number of nitrogens with zero attached hydrogens (tertiary/aromatic N) is 2. The number of aryl methyl sites for hydroxylation is 1. The maximum absolute atomic E-state index is 4.70. The molecule has 84 valence electrons. The summed E-state index contributed by atoms with van der Waals surface area (Å²) in [6.45, 7) is 4.39. The molecule has 0 fully saturated rings. The summed E-state index contributed by atoms with van der Waals surface area (Å²) in [4.78, 5) is 5.74. The van der Waals surface area contributed by atoms with E-state index in [-0.39, 0.29) is 0 Å². The highest BCUT2D eigenvalue weighted by molar-refractivity contribution is 7.07. The molecule has 0 saturated carbocycles. The molecule has 0 bridgehead atoms. The van der Waals surface area contributed by atoms with E-state index in [1.165, 1.54) is 5.56 Å². The maximum atomic E-state index is 4.70. The minimum atomic E-state index is 0.505. The fraction of sp³-hybridized carbons (Fsp3) is 0.308. The molecule has 0 aliphatic carbocycles. The smallest absolute Gasteiger partial charge is 0.189 e. The third-order valence-corrected chi connectivity index (χ3v) is 3.38.